The molecule has 4 bridgehead atoms. The van der Waals surface area contributed by atoms with Gasteiger partial charge in [-0.15, -0.1) is 0 Å². The average molecular weight is 354 g/mol. The number of urea groups is 1. The van der Waals surface area contributed by atoms with Gasteiger partial charge in [0.2, 0.25) is 0 Å². The molecule has 4 saturated carbocycles. The van der Waals surface area contributed by atoms with E-state index < -0.39 is 0 Å². The van der Waals surface area contributed by atoms with Gasteiger partial charge in [-0.3, -0.25) is 4.98 Å². The van der Waals surface area contributed by atoms with Crippen molar-refractivity contribution >= 4 is 6.03 Å². The first-order chi connectivity index (χ1) is 12.8. The van der Waals surface area contributed by atoms with E-state index in [-0.39, 0.29) is 12.1 Å². The Morgan fingerprint density at radius 1 is 0.962 bits per heavy atom. The van der Waals surface area contributed by atoms with Crippen molar-refractivity contribution in [2.75, 3.05) is 6.54 Å². The second-order valence-corrected chi connectivity index (χ2v) is 9.25. The van der Waals surface area contributed by atoms with Gasteiger partial charge >= 0.3 is 6.03 Å². The number of pyridine rings is 1. The molecule has 6 rings (SSSR count). The molecule has 1 aliphatic heterocycles. The lowest BCUT2D eigenvalue weighted by atomic mass is 9.54. The lowest BCUT2D eigenvalue weighted by Crippen LogP contribution is -2.58. The van der Waals surface area contributed by atoms with Crippen LogP contribution < -0.4 is 5.32 Å². The number of nitrogens with one attached hydrogen (secondary N) is 1. The van der Waals surface area contributed by atoms with Crippen molar-refractivity contribution in [3.63, 3.8) is 0 Å². The smallest absolute Gasteiger partial charge is 0.318 e. The summed E-state index contributed by atoms with van der Waals surface area (Å²) in [6.07, 6.45) is 15.2. The molecule has 4 heteroatoms. The number of nitrogens with zero attached hydrogens (tertiary/aromatic N) is 2. The van der Waals surface area contributed by atoms with E-state index in [0.717, 1.165) is 43.1 Å². The lowest BCUT2D eigenvalue weighted by Gasteiger charge is -2.54. The van der Waals surface area contributed by atoms with Gasteiger partial charge in [-0.2, -0.15) is 0 Å². The molecular weight excluding hydrogens is 322 g/mol. The molecule has 1 unspecified atom stereocenters. The summed E-state index contributed by atoms with van der Waals surface area (Å²) < 4.78 is 0. The molecule has 0 spiro atoms. The second-order valence-electron chi connectivity index (χ2n) is 9.25. The molecule has 1 aromatic rings. The number of aromatic nitrogens is 1. The van der Waals surface area contributed by atoms with Crippen molar-refractivity contribution in [2.24, 2.45) is 23.7 Å². The molecule has 5 aliphatic rings. The van der Waals surface area contributed by atoms with Crippen LogP contribution in [0.2, 0.25) is 0 Å². The Morgan fingerprint density at radius 3 is 2.35 bits per heavy atom. The third kappa shape index (κ3) is 3.01. The standard InChI is InChI=1S/C22H31N3O/c26-22(24-21-18-11-15-10-16(13-18)14-19(21)12-15)25-9-3-1-2-4-20(25)17-5-7-23-8-6-17/h5-8,15-16,18-21H,1-4,9-14H2,(H,24,26). The van der Waals surface area contributed by atoms with Crippen LogP contribution in [0.4, 0.5) is 4.79 Å². The van der Waals surface area contributed by atoms with E-state index in [9.17, 15) is 4.79 Å². The van der Waals surface area contributed by atoms with Crippen LogP contribution in [0.5, 0.6) is 0 Å². The van der Waals surface area contributed by atoms with E-state index in [1.165, 1.54) is 50.5 Å². The van der Waals surface area contributed by atoms with Gasteiger partial charge in [-0.05, 0) is 86.3 Å². The van der Waals surface area contributed by atoms with Gasteiger partial charge in [0.05, 0.1) is 6.04 Å². The fraction of sp³-hybridized carbons (Fsp3) is 0.727. The maximum absolute atomic E-state index is 13.3. The van der Waals surface area contributed by atoms with Gasteiger partial charge in [-0.1, -0.05) is 12.8 Å². The molecular formula is C22H31N3O. The van der Waals surface area contributed by atoms with Crippen molar-refractivity contribution in [1.29, 1.82) is 0 Å². The van der Waals surface area contributed by atoms with Crippen LogP contribution in [0.1, 0.15) is 69.4 Å². The Balaban J connectivity index is 1.33. The molecule has 5 fully saturated rings. The summed E-state index contributed by atoms with van der Waals surface area (Å²) in [5.74, 6) is 3.38. The van der Waals surface area contributed by atoms with Gasteiger partial charge in [0.1, 0.15) is 0 Å². The Labute approximate surface area is 156 Å². The molecule has 2 amide bonds. The third-order valence-electron chi connectivity index (χ3n) is 7.62. The molecule has 1 N–H and O–H groups in total. The minimum absolute atomic E-state index is 0.186. The van der Waals surface area contributed by atoms with E-state index in [1.54, 1.807) is 0 Å². The molecule has 0 aromatic carbocycles. The van der Waals surface area contributed by atoms with Crippen molar-refractivity contribution in [1.82, 2.24) is 15.2 Å². The number of likely N-dealkylation sites (tertiary alicyclic amines) is 1. The van der Waals surface area contributed by atoms with Gasteiger partial charge in [0, 0.05) is 25.0 Å². The highest BCUT2D eigenvalue weighted by Gasteiger charge is 2.49. The van der Waals surface area contributed by atoms with Crippen LogP contribution >= 0.6 is 0 Å². The zero-order chi connectivity index (χ0) is 17.5. The largest absolute Gasteiger partial charge is 0.335 e. The summed E-state index contributed by atoms with van der Waals surface area (Å²) in [6, 6.07) is 4.98. The van der Waals surface area contributed by atoms with Crippen LogP contribution in [0.15, 0.2) is 24.5 Å². The highest BCUT2D eigenvalue weighted by Crippen LogP contribution is 2.53. The number of carbonyl (C=O) groups excluding carboxylic acids is 1. The normalized spacial score (nSPS) is 38.8. The Bertz CT molecular complexity index is 618. The fourth-order valence-electron chi connectivity index (χ4n) is 6.67. The molecule has 0 radical (unpaired) electrons. The van der Waals surface area contributed by atoms with Crippen LogP contribution in [-0.4, -0.2) is 28.5 Å². The number of hydrogen-bond acceptors (Lipinski definition) is 2. The van der Waals surface area contributed by atoms with Crippen LogP contribution in [-0.2, 0) is 0 Å². The van der Waals surface area contributed by atoms with E-state index in [1.807, 2.05) is 12.4 Å². The van der Waals surface area contributed by atoms with Crippen LogP contribution in [0.25, 0.3) is 0 Å². The predicted molar refractivity (Wildman–Crippen MR) is 102 cm³/mol. The molecule has 1 atom stereocenters. The monoisotopic (exact) mass is 353 g/mol. The van der Waals surface area contributed by atoms with E-state index in [2.05, 4.69) is 27.3 Å². The Kier molecular flexibility index (Phi) is 4.38. The van der Waals surface area contributed by atoms with E-state index >= 15 is 0 Å². The summed E-state index contributed by atoms with van der Waals surface area (Å²) >= 11 is 0. The summed E-state index contributed by atoms with van der Waals surface area (Å²) in [5.41, 5.74) is 1.24. The van der Waals surface area contributed by atoms with Gasteiger partial charge in [0.15, 0.2) is 0 Å². The van der Waals surface area contributed by atoms with Crippen molar-refractivity contribution in [3.8, 4) is 0 Å². The van der Waals surface area contributed by atoms with Gasteiger partial charge in [0.25, 0.3) is 0 Å². The molecule has 4 nitrogen and oxygen atoms in total. The summed E-state index contributed by atoms with van der Waals surface area (Å²) in [4.78, 5) is 19.6. The first-order valence-electron chi connectivity index (χ1n) is 10.7. The lowest BCUT2D eigenvalue weighted by molar-refractivity contribution is -0.0115. The zero-order valence-corrected chi connectivity index (χ0v) is 15.6. The molecule has 1 saturated heterocycles. The number of rotatable bonds is 2. The van der Waals surface area contributed by atoms with E-state index in [4.69, 9.17) is 0 Å². The molecule has 1 aromatic heterocycles. The minimum Gasteiger partial charge on any atom is -0.335 e. The molecule has 2 heterocycles. The first kappa shape index (κ1) is 16.6. The number of carbonyl (C=O) groups is 1. The Morgan fingerprint density at radius 2 is 1.65 bits per heavy atom. The maximum Gasteiger partial charge on any atom is 0.318 e. The maximum atomic E-state index is 13.3. The SMILES string of the molecule is O=C(NC1C2CC3CC(C2)CC1C3)N1CCCCCC1c1ccncc1. The summed E-state index contributed by atoms with van der Waals surface area (Å²) in [6.45, 7) is 0.881. The topological polar surface area (TPSA) is 45.2 Å². The fourth-order valence-corrected chi connectivity index (χ4v) is 6.67. The number of hydrogen-bond donors (Lipinski definition) is 1. The highest BCUT2D eigenvalue weighted by atomic mass is 16.2. The molecule has 140 valence electrons. The molecule has 4 aliphatic carbocycles. The Hall–Kier alpha value is -1.58. The number of amides is 2. The van der Waals surface area contributed by atoms with Gasteiger partial charge in [-0.25, -0.2) is 4.79 Å². The van der Waals surface area contributed by atoms with Crippen LogP contribution in [0.3, 0.4) is 0 Å². The minimum atomic E-state index is 0.186. The quantitative estimate of drug-likeness (QED) is 0.849. The summed E-state index contributed by atoms with van der Waals surface area (Å²) in [7, 11) is 0. The van der Waals surface area contributed by atoms with E-state index in [0.29, 0.717) is 6.04 Å². The third-order valence-corrected chi connectivity index (χ3v) is 7.62. The van der Waals surface area contributed by atoms with Crippen molar-refractivity contribution in [3.05, 3.63) is 30.1 Å². The van der Waals surface area contributed by atoms with Crippen molar-refractivity contribution < 1.29 is 4.79 Å². The predicted octanol–water partition coefficient (Wildman–Crippen LogP) is 4.53. The average Bonchev–Trinajstić information content (AvgIpc) is 2.91. The highest BCUT2D eigenvalue weighted by molar-refractivity contribution is 5.75. The molecule has 26 heavy (non-hydrogen) atoms. The van der Waals surface area contributed by atoms with Crippen molar-refractivity contribution in [2.45, 2.75) is 69.9 Å². The summed E-state index contributed by atoms with van der Waals surface area (Å²) in [5, 5.41) is 3.53. The van der Waals surface area contributed by atoms with Crippen LogP contribution in [0, 0.1) is 23.7 Å². The first-order valence-corrected chi connectivity index (χ1v) is 10.7. The second kappa shape index (κ2) is 6.86. The zero-order valence-electron chi connectivity index (χ0n) is 15.6. The van der Waals surface area contributed by atoms with Gasteiger partial charge < -0.3 is 10.2 Å².